The van der Waals surface area contributed by atoms with Crippen molar-refractivity contribution in [3.8, 4) is 0 Å². The first-order chi connectivity index (χ1) is 12.0. The van der Waals surface area contributed by atoms with Crippen molar-refractivity contribution >= 4 is 29.1 Å². The summed E-state index contributed by atoms with van der Waals surface area (Å²) in [5.74, 6) is 1.34. The minimum Gasteiger partial charge on any atom is -0.350 e. The second kappa shape index (κ2) is 7.53. The number of rotatable bonds is 5. The first-order valence-corrected chi connectivity index (χ1v) is 8.56. The Hall–Kier alpha value is -2.59. The molecule has 1 heterocycles. The number of aromatic nitrogens is 2. The van der Waals surface area contributed by atoms with E-state index in [1.54, 1.807) is 0 Å². The van der Waals surface area contributed by atoms with Crippen molar-refractivity contribution in [2.45, 2.75) is 27.3 Å². The minimum atomic E-state index is 0.600. The third kappa shape index (κ3) is 4.70. The summed E-state index contributed by atoms with van der Waals surface area (Å²) < 4.78 is 0. The van der Waals surface area contributed by atoms with E-state index in [1.807, 2.05) is 38.1 Å². The number of hydrogen-bond acceptors (Lipinski definition) is 4. The molecule has 0 aliphatic rings. The maximum atomic E-state index is 6.09. The third-order valence-electron chi connectivity index (χ3n) is 3.89. The lowest BCUT2D eigenvalue weighted by molar-refractivity contribution is 1.03. The Morgan fingerprint density at radius 1 is 0.920 bits per heavy atom. The quantitative estimate of drug-likeness (QED) is 0.644. The van der Waals surface area contributed by atoms with Crippen molar-refractivity contribution in [1.82, 2.24) is 9.97 Å². The lowest BCUT2D eigenvalue weighted by Gasteiger charge is -2.12. The zero-order valence-electron chi connectivity index (χ0n) is 14.6. The molecule has 0 unspecified atom stereocenters. The molecule has 128 valence electrons. The summed E-state index contributed by atoms with van der Waals surface area (Å²) in [4.78, 5) is 9.02. The van der Waals surface area contributed by atoms with E-state index in [0.717, 1.165) is 22.8 Å². The van der Waals surface area contributed by atoms with E-state index in [9.17, 15) is 0 Å². The highest BCUT2D eigenvalue weighted by Gasteiger charge is 2.05. The molecule has 0 fully saturated rings. The summed E-state index contributed by atoms with van der Waals surface area (Å²) in [6, 6.07) is 16.1. The number of aryl methyl sites for hydroxylation is 3. The van der Waals surface area contributed by atoms with Gasteiger partial charge in [-0.1, -0.05) is 47.5 Å². The molecule has 3 rings (SSSR count). The standard InChI is InChI=1S/C20H21ClN4/c1-13-4-7-16(8-5-13)12-22-20-23-15(3)10-19(25-20)24-18-11-17(21)9-6-14(18)2/h4-11H,12H2,1-3H3,(H2,22,23,24,25). The van der Waals surface area contributed by atoms with Crippen molar-refractivity contribution in [3.05, 3.63) is 75.9 Å². The molecule has 0 spiro atoms. The van der Waals surface area contributed by atoms with Crippen molar-refractivity contribution < 1.29 is 0 Å². The fourth-order valence-corrected chi connectivity index (χ4v) is 2.64. The van der Waals surface area contributed by atoms with Crippen LogP contribution in [0.2, 0.25) is 5.02 Å². The molecule has 1 aromatic heterocycles. The number of hydrogen-bond donors (Lipinski definition) is 2. The van der Waals surface area contributed by atoms with Crippen LogP contribution in [-0.2, 0) is 6.54 Å². The fraction of sp³-hybridized carbons (Fsp3) is 0.200. The van der Waals surface area contributed by atoms with Crippen LogP contribution in [0.3, 0.4) is 0 Å². The van der Waals surface area contributed by atoms with Crippen LogP contribution in [0.15, 0.2) is 48.5 Å². The van der Waals surface area contributed by atoms with Crippen LogP contribution in [0, 0.1) is 20.8 Å². The molecule has 0 saturated carbocycles. The molecule has 0 radical (unpaired) electrons. The Bertz CT molecular complexity index is 875. The van der Waals surface area contributed by atoms with E-state index in [4.69, 9.17) is 11.6 Å². The van der Waals surface area contributed by atoms with Crippen LogP contribution in [0.1, 0.15) is 22.4 Å². The van der Waals surface area contributed by atoms with Gasteiger partial charge in [-0.05, 0) is 44.0 Å². The first kappa shape index (κ1) is 17.2. The number of anilines is 3. The van der Waals surface area contributed by atoms with Crippen molar-refractivity contribution in [2.75, 3.05) is 10.6 Å². The van der Waals surface area contributed by atoms with Crippen molar-refractivity contribution in [3.63, 3.8) is 0 Å². The van der Waals surface area contributed by atoms with Gasteiger partial charge < -0.3 is 10.6 Å². The van der Waals surface area contributed by atoms with Gasteiger partial charge >= 0.3 is 0 Å². The van der Waals surface area contributed by atoms with Gasteiger partial charge in [0, 0.05) is 29.0 Å². The van der Waals surface area contributed by atoms with E-state index in [-0.39, 0.29) is 0 Å². The highest BCUT2D eigenvalue weighted by atomic mass is 35.5. The number of halogens is 1. The molecule has 0 atom stereocenters. The average Bonchev–Trinajstić information content (AvgIpc) is 2.57. The summed E-state index contributed by atoms with van der Waals surface area (Å²) in [6.45, 7) is 6.74. The summed E-state index contributed by atoms with van der Waals surface area (Å²) in [6.07, 6.45) is 0. The van der Waals surface area contributed by atoms with Gasteiger partial charge in [0.2, 0.25) is 5.95 Å². The predicted molar refractivity (Wildman–Crippen MR) is 105 cm³/mol. The van der Waals surface area contributed by atoms with E-state index in [2.05, 4.69) is 51.8 Å². The fourth-order valence-electron chi connectivity index (χ4n) is 2.47. The first-order valence-electron chi connectivity index (χ1n) is 8.18. The van der Waals surface area contributed by atoms with E-state index in [0.29, 0.717) is 17.5 Å². The van der Waals surface area contributed by atoms with Gasteiger partial charge in [-0.15, -0.1) is 0 Å². The van der Waals surface area contributed by atoms with E-state index < -0.39 is 0 Å². The van der Waals surface area contributed by atoms with Crippen LogP contribution < -0.4 is 10.6 Å². The van der Waals surface area contributed by atoms with Gasteiger partial charge in [0.05, 0.1) is 0 Å². The molecule has 25 heavy (non-hydrogen) atoms. The monoisotopic (exact) mass is 352 g/mol. The van der Waals surface area contributed by atoms with Gasteiger partial charge in [0.15, 0.2) is 0 Å². The molecule has 0 saturated heterocycles. The normalized spacial score (nSPS) is 10.6. The molecule has 4 nitrogen and oxygen atoms in total. The van der Waals surface area contributed by atoms with Crippen molar-refractivity contribution in [2.24, 2.45) is 0 Å². The highest BCUT2D eigenvalue weighted by Crippen LogP contribution is 2.24. The van der Waals surface area contributed by atoms with Crippen LogP contribution in [0.4, 0.5) is 17.5 Å². The minimum absolute atomic E-state index is 0.600. The smallest absolute Gasteiger partial charge is 0.225 e. The molecule has 2 aromatic carbocycles. The van der Waals surface area contributed by atoms with Gasteiger partial charge in [0.1, 0.15) is 5.82 Å². The van der Waals surface area contributed by atoms with Gasteiger partial charge in [0.25, 0.3) is 0 Å². The lowest BCUT2D eigenvalue weighted by Crippen LogP contribution is -2.06. The maximum Gasteiger partial charge on any atom is 0.225 e. The molecule has 0 aliphatic carbocycles. The largest absolute Gasteiger partial charge is 0.350 e. The van der Waals surface area contributed by atoms with E-state index in [1.165, 1.54) is 11.1 Å². The Balaban J connectivity index is 1.75. The Morgan fingerprint density at radius 2 is 1.68 bits per heavy atom. The Morgan fingerprint density at radius 3 is 2.44 bits per heavy atom. The molecular weight excluding hydrogens is 332 g/mol. The number of nitrogens with zero attached hydrogens (tertiary/aromatic N) is 2. The molecule has 0 amide bonds. The zero-order chi connectivity index (χ0) is 17.8. The molecule has 2 N–H and O–H groups in total. The molecule has 0 bridgehead atoms. The summed E-state index contributed by atoms with van der Waals surface area (Å²) >= 11 is 6.09. The second-order valence-corrected chi connectivity index (χ2v) is 6.58. The lowest BCUT2D eigenvalue weighted by atomic mass is 10.1. The second-order valence-electron chi connectivity index (χ2n) is 6.14. The number of benzene rings is 2. The topological polar surface area (TPSA) is 49.8 Å². The Kier molecular flexibility index (Phi) is 5.19. The van der Waals surface area contributed by atoms with Crippen LogP contribution in [0.25, 0.3) is 0 Å². The van der Waals surface area contributed by atoms with Crippen LogP contribution in [-0.4, -0.2) is 9.97 Å². The predicted octanol–water partition coefficient (Wildman–Crippen LogP) is 5.41. The molecule has 0 aliphatic heterocycles. The Labute approximate surface area is 153 Å². The highest BCUT2D eigenvalue weighted by molar-refractivity contribution is 6.30. The van der Waals surface area contributed by atoms with Crippen LogP contribution >= 0.6 is 11.6 Å². The van der Waals surface area contributed by atoms with Crippen molar-refractivity contribution in [1.29, 1.82) is 0 Å². The maximum absolute atomic E-state index is 6.09. The van der Waals surface area contributed by atoms with Gasteiger partial charge in [-0.25, -0.2) is 4.98 Å². The summed E-state index contributed by atoms with van der Waals surface area (Å²) in [5, 5.41) is 7.30. The molecular formula is C20H21ClN4. The molecule has 5 heteroatoms. The average molecular weight is 353 g/mol. The number of nitrogens with one attached hydrogen (secondary N) is 2. The van der Waals surface area contributed by atoms with Gasteiger partial charge in [-0.3, -0.25) is 0 Å². The summed E-state index contributed by atoms with van der Waals surface area (Å²) in [5.41, 5.74) is 5.38. The summed E-state index contributed by atoms with van der Waals surface area (Å²) in [7, 11) is 0. The van der Waals surface area contributed by atoms with Gasteiger partial charge in [-0.2, -0.15) is 4.98 Å². The molecule has 3 aromatic rings. The zero-order valence-corrected chi connectivity index (χ0v) is 15.4. The third-order valence-corrected chi connectivity index (χ3v) is 4.12. The SMILES string of the molecule is Cc1ccc(CNc2nc(C)cc(Nc3cc(Cl)ccc3C)n2)cc1. The van der Waals surface area contributed by atoms with Crippen LogP contribution in [0.5, 0.6) is 0 Å². The van der Waals surface area contributed by atoms with E-state index >= 15 is 0 Å².